The van der Waals surface area contributed by atoms with Crippen molar-refractivity contribution >= 4 is 5.91 Å². The van der Waals surface area contributed by atoms with Crippen LogP contribution in [0.25, 0.3) is 0 Å². The number of nitrogens with one attached hydrogen (secondary N) is 1. The SMILES string of the molecule is Cc1ccc(C(C)NC(=O)c2ccc(Cn3ccnc3)cc2)c(C)c1. The molecule has 1 aromatic heterocycles. The van der Waals surface area contributed by atoms with Crippen LogP contribution in [0, 0.1) is 13.8 Å². The van der Waals surface area contributed by atoms with Crippen LogP contribution < -0.4 is 5.32 Å². The molecule has 25 heavy (non-hydrogen) atoms. The average Bonchev–Trinajstić information content (AvgIpc) is 3.08. The van der Waals surface area contributed by atoms with Crippen molar-refractivity contribution in [2.24, 2.45) is 0 Å². The molecule has 128 valence electrons. The number of amides is 1. The van der Waals surface area contributed by atoms with Crippen LogP contribution in [0.5, 0.6) is 0 Å². The van der Waals surface area contributed by atoms with E-state index < -0.39 is 0 Å². The van der Waals surface area contributed by atoms with Gasteiger partial charge in [-0.05, 0) is 49.6 Å². The first-order chi connectivity index (χ1) is 12.0. The van der Waals surface area contributed by atoms with Gasteiger partial charge >= 0.3 is 0 Å². The molecular formula is C21H23N3O. The van der Waals surface area contributed by atoms with E-state index in [2.05, 4.69) is 42.3 Å². The lowest BCUT2D eigenvalue weighted by molar-refractivity contribution is 0.0940. The molecule has 1 heterocycles. The van der Waals surface area contributed by atoms with E-state index in [-0.39, 0.29) is 11.9 Å². The fourth-order valence-corrected chi connectivity index (χ4v) is 3.02. The number of aryl methyl sites for hydroxylation is 2. The summed E-state index contributed by atoms with van der Waals surface area (Å²) in [5.41, 5.74) is 5.38. The maximum Gasteiger partial charge on any atom is 0.251 e. The van der Waals surface area contributed by atoms with Crippen molar-refractivity contribution in [3.63, 3.8) is 0 Å². The Morgan fingerprint density at radius 3 is 2.56 bits per heavy atom. The Bertz CT molecular complexity index is 851. The number of carbonyl (C=O) groups excluding carboxylic acids is 1. The van der Waals surface area contributed by atoms with E-state index in [4.69, 9.17) is 0 Å². The summed E-state index contributed by atoms with van der Waals surface area (Å²) in [6.45, 7) is 6.92. The molecule has 0 aliphatic heterocycles. The highest BCUT2D eigenvalue weighted by molar-refractivity contribution is 5.94. The number of benzene rings is 2. The monoisotopic (exact) mass is 333 g/mol. The van der Waals surface area contributed by atoms with Crippen LogP contribution in [0.3, 0.4) is 0 Å². The van der Waals surface area contributed by atoms with Crippen LogP contribution in [-0.2, 0) is 6.54 Å². The number of hydrogen-bond donors (Lipinski definition) is 1. The molecule has 1 atom stereocenters. The Morgan fingerprint density at radius 1 is 1.16 bits per heavy atom. The first kappa shape index (κ1) is 17.0. The third-order valence-corrected chi connectivity index (χ3v) is 4.38. The van der Waals surface area contributed by atoms with E-state index in [0.29, 0.717) is 5.56 Å². The van der Waals surface area contributed by atoms with E-state index >= 15 is 0 Å². The van der Waals surface area contributed by atoms with Gasteiger partial charge in [-0.2, -0.15) is 0 Å². The van der Waals surface area contributed by atoms with Gasteiger partial charge in [-0.1, -0.05) is 35.9 Å². The summed E-state index contributed by atoms with van der Waals surface area (Å²) >= 11 is 0. The molecule has 3 rings (SSSR count). The van der Waals surface area contributed by atoms with E-state index in [1.54, 1.807) is 12.5 Å². The molecule has 1 N–H and O–H groups in total. The molecule has 1 amide bonds. The van der Waals surface area contributed by atoms with Gasteiger partial charge in [0.25, 0.3) is 5.91 Å². The van der Waals surface area contributed by atoms with E-state index in [0.717, 1.165) is 17.7 Å². The standard InChI is InChI=1S/C21H23N3O/c1-15-4-9-20(16(2)12-15)17(3)23-21(25)19-7-5-18(6-8-19)13-24-11-10-22-14-24/h4-12,14,17H,13H2,1-3H3,(H,23,25). The molecule has 0 radical (unpaired) electrons. The zero-order chi connectivity index (χ0) is 17.8. The second-order valence-electron chi connectivity index (χ2n) is 6.49. The molecule has 0 aliphatic rings. The summed E-state index contributed by atoms with van der Waals surface area (Å²) in [6, 6.07) is 14.0. The fourth-order valence-electron chi connectivity index (χ4n) is 3.02. The molecule has 3 aromatic rings. The van der Waals surface area contributed by atoms with Crippen LogP contribution in [0.2, 0.25) is 0 Å². The highest BCUT2D eigenvalue weighted by atomic mass is 16.1. The van der Waals surface area contributed by atoms with Crippen molar-refractivity contribution in [2.45, 2.75) is 33.4 Å². The first-order valence-corrected chi connectivity index (χ1v) is 8.45. The van der Waals surface area contributed by atoms with Crippen molar-refractivity contribution in [1.82, 2.24) is 14.9 Å². The molecule has 0 saturated heterocycles. The van der Waals surface area contributed by atoms with E-state index in [9.17, 15) is 4.79 Å². The van der Waals surface area contributed by atoms with Gasteiger partial charge in [0.2, 0.25) is 0 Å². The van der Waals surface area contributed by atoms with Crippen molar-refractivity contribution in [2.75, 3.05) is 0 Å². The minimum atomic E-state index is -0.0540. The largest absolute Gasteiger partial charge is 0.346 e. The van der Waals surface area contributed by atoms with Crippen LogP contribution in [0.4, 0.5) is 0 Å². The summed E-state index contributed by atoms with van der Waals surface area (Å²) in [4.78, 5) is 16.5. The summed E-state index contributed by atoms with van der Waals surface area (Å²) in [6.07, 6.45) is 5.47. The molecule has 0 spiro atoms. The zero-order valence-electron chi connectivity index (χ0n) is 14.9. The van der Waals surface area contributed by atoms with Gasteiger partial charge in [0, 0.05) is 24.5 Å². The number of hydrogen-bond acceptors (Lipinski definition) is 2. The maximum absolute atomic E-state index is 12.5. The lowest BCUT2D eigenvalue weighted by Crippen LogP contribution is -2.27. The smallest absolute Gasteiger partial charge is 0.251 e. The minimum Gasteiger partial charge on any atom is -0.346 e. The number of rotatable bonds is 5. The minimum absolute atomic E-state index is 0.0290. The van der Waals surface area contributed by atoms with Gasteiger partial charge < -0.3 is 9.88 Å². The van der Waals surface area contributed by atoms with Crippen molar-refractivity contribution in [1.29, 1.82) is 0 Å². The molecule has 1 unspecified atom stereocenters. The van der Waals surface area contributed by atoms with E-state index in [1.165, 1.54) is 11.1 Å². The molecule has 0 bridgehead atoms. The number of nitrogens with zero attached hydrogens (tertiary/aromatic N) is 2. The van der Waals surface area contributed by atoms with Crippen molar-refractivity contribution in [3.8, 4) is 0 Å². The van der Waals surface area contributed by atoms with Crippen molar-refractivity contribution < 1.29 is 4.79 Å². The molecule has 4 heteroatoms. The van der Waals surface area contributed by atoms with Gasteiger partial charge in [0.1, 0.15) is 0 Å². The second kappa shape index (κ2) is 7.34. The topological polar surface area (TPSA) is 46.9 Å². The Balaban J connectivity index is 1.66. The summed E-state index contributed by atoms with van der Waals surface area (Å²) < 4.78 is 2.00. The van der Waals surface area contributed by atoms with E-state index in [1.807, 2.05) is 42.0 Å². The molecular weight excluding hydrogens is 310 g/mol. The van der Waals surface area contributed by atoms with Gasteiger partial charge in [-0.3, -0.25) is 4.79 Å². The lowest BCUT2D eigenvalue weighted by atomic mass is 10.00. The third-order valence-electron chi connectivity index (χ3n) is 4.38. The Labute approximate surface area is 148 Å². The molecule has 2 aromatic carbocycles. The second-order valence-corrected chi connectivity index (χ2v) is 6.49. The Kier molecular flexibility index (Phi) is 4.98. The number of aromatic nitrogens is 2. The highest BCUT2D eigenvalue weighted by Crippen LogP contribution is 2.19. The van der Waals surface area contributed by atoms with Crippen LogP contribution in [0.1, 0.15) is 45.6 Å². The van der Waals surface area contributed by atoms with Crippen LogP contribution in [-0.4, -0.2) is 15.5 Å². The Morgan fingerprint density at radius 2 is 1.92 bits per heavy atom. The lowest BCUT2D eigenvalue weighted by Gasteiger charge is -2.17. The quantitative estimate of drug-likeness (QED) is 0.766. The molecule has 0 fully saturated rings. The fraction of sp³-hybridized carbons (Fsp3) is 0.238. The predicted molar refractivity (Wildman–Crippen MR) is 99.6 cm³/mol. The molecule has 0 aliphatic carbocycles. The average molecular weight is 333 g/mol. The molecule has 4 nitrogen and oxygen atoms in total. The van der Waals surface area contributed by atoms with Gasteiger partial charge in [0.15, 0.2) is 0 Å². The first-order valence-electron chi connectivity index (χ1n) is 8.45. The highest BCUT2D eigenvalue weighted by Gasteiger charge is 2.13. The maximum atomic E-state index is 12.5. The normalized spacial score (nSPS) is 12.0. The Hall–Kier alpha value is -2.88. The van der Waals surface area contributed by atoms with Gasteiger partial charge in [-0.25, -0.2) is 4.98 Å². The predicted octanol–water partition coefficient (Wildman–Crippen LogP) is 4.04. The van der Waals surface area contributed by atoms with Crippen LogP contribution >= 0.6 is 0 Å². The van der Waals surface area contributed by atoms with Gasteiger partial charge in [-0.15, -0.1) is 0 Å². The summed E-state index contributed by atoms with van der Waals surface area (Å²) in [7, 11) is 0. The number of carbonyl (C=O) groups is 1. The number of imidazole rings is 1. The van der Waals surface area contributed by atoms with Gasteiger partial charge in [0.05, 0.1) is 12.4 Å². The van der Waals surface area contributed by atoms with Crippen LogP contribution in [0.15, 0.2) is 61.2 Å². The zero-order valence-corrected chi connectivity index (χ0v) is 14.9. The summed E-state index contributed by atoms with van der Waals surface area (Å²) in [5, 5.41) is 3.08. The molecule has 0 saturated carbocycles. The summed E-state index contributed by atoms with van der Waals surface area (Å²) in [5.74, 6) is -0.0540. The third kappa shape index (κ3) is 4.15. The van der Waals surface area contributed by atoms with Crippen molar-refractivity contribution in [3.05, 3.63) is 89.0 Å².